The second kappa shape index (κ2) is 11.8. The van der Waals surface area contributed by atoms with Crippen LogP contribution in [0.25, 0.3) is 10.4 Å². The van der Waals surface area contributed by atoms with Crippen molar-refractivity contribution in [1.29, 1.82) is 0 Å². The standard InChI is InChI=1S/C10H20N4O2/c1-2-16-9-5-6-10(15)12-7-3-4-8-13-14-11/h2-9H2,1H3,(H,12,15). The molecular weight excluding hydrogens is 208 g/mol. The van der Waals surface area contributed by atoms with Crippen LogP contribution >= 0.6 is 0 Å². The van der Waals surface area contributed by atoms with Crippen LogP contribution in [0.5, 0.6) is 0 Å². The fourth-order valence-electron chi connectivity index (χ4n) is 1.15. The van der Waals surface area contributed by atoms with E-state index in [1.807, 2.05) is 6.92 Å². The molecule has 0 unspecified atom stereocenters. The van der Waals surface area contributed by atoms with E-state index >= 15 is 0 Å². The van der Waals surface area contributed by atoms with Crippen molar-refractivity contribution in [1.82, 2.24) is 5.32 Å². The Morgan fingerprint density at radius 1 is 1.44 bits per heavy atom. The van der Waals surface area contributed by atoms with Gasteiger partial charge in [0.05, 0.1) is 0 Å². The third-order valence-corrected chi connectivity index (χ3v) is 1.97. The molecule has 0 saturated heterocycles. The third-order valence-electron chi connectivity index (χ3n) is 1.97. The molecule has 6 nitrogen and oxygen atoms in total. The van der Waals surface area contributed by atoms with Gasteiger partial charge in [-0.25, -0.2) is 0 Å². The number of carbonyl (C=O) groups excluding carboxylic acids is 1. The van der Waals surface area contributed by atoms with Crippen LogP contribution in [0.3, 0.4) is 0 Å². The topological polar surface area (TPSA) is 87.1 Å². The Morgan fingerprint density at radius 2 is 2.25 bits per heavy atom. The van der Waals surface area contributed by atoms with E-state index < -0.39 is 0 Å². The average Bonchev–Trinajstić information content (AvgIpc) is 2.29. The number of hydrogen-bond acceptors (Lipinski definition) is 3. The van der Waals surface area contributed by atoms with E-state index in [1.54, 1.807) is 0 Å². The summed E-state index contributed by atoms with van der Waals surface area (Å²) >= 11 is 0. The number of azide groups is 1. The minimum Gasteiger partial charge on any atom is -0.382 e. The van der Waals surface area contributed by atoms with Gasteiger partial charge in [-0.1, -0.05) is 5.11 Å². The van der Waals surface area contributed by atoms with Crippen LogP contribution in [0.4, 0.5) is 0 Å². The van der Waals surface area contributed by atoms with E-state index in [2.05, 4.69) is 15.3 Å². The number of ether oxygens (including phenoxy) is 1. The van der Waals surface area contributed by atoms with Gasteiger partial charge in [0, 0.05) is 37.6 Å². The quantitative estimate of drug-likeness (QED) is 0.268. The number of unbranched alkanes of at least 4 members (excludes halogenated alkanes) is 1. The van der Waals surface area contributed by atoms with Crippen molar-refractivity contribution >= 4 is 5.91 Å². The van der Waals surface area contributed by atoms with Crippen LogP contribution in [0.15, 0.2) is 5.11 Å². The summed E-state index contributed by atoms with van der Waals surface area (Å²) in [5.74, 6) is 0.0588. The van der Waals surface area contributed by atoms with E-state index in [1.165, 1.54) is 0 Å². The van der Waals surface area contributed by atoms with Crippen LogP contribution in [0, 0.1) is 0 Å². The molecule has 0 rings (SSSR count). The molecule has 0 radical (unpaired) electrons. The summed E-state index contributed by atoms with van der Waals surface area (Å²) < 4.78 is 5.13. The molecule has 0 heterocycles. The van der Waals surface area contributed by atoms with Gasteiger partial charge in [-0.15, -0.1) is 0 Å². The Bertz CT molecular complexity index is 227. The van der Waals surface area contributed by atoms with Crippen molar-refractivity contribution in [2.45, 2.75) is 32.6 Å². The first-order chi connectivity index (χ1) is 7.81. The summed E-state index contributed by atoms with van der Waals surface area (Å²) in [7, 11) is 0. The van der Waals surface area contributed by atoms with Gasteiger partial charge in [0.2, 0.25) is 5.91 Å². The molecule has 1 amide bonds. The Balaban J connectivity index is 3.20. The van der Waals surface area contributed by atoms with Crippen molar-refractivity contribution in [3.63, 3.8) is 0 Å². The van der Waals surface area contributed by atoms with Crippen molar-refractivity contribution in [3.8, 4) is 0 Å². The van der Waals surface area contributed by atoms with Crippen molar-refractivity contribution in [2.75, 3.05) is 26.3 Å². The number of carbonyl (C=O) groups is 1. The molecule has 0 fully saturated rings. The zero-order valence-corrected chi connectivity index (χ0v) is 9.81. The Labute approximate surface area is 96.0 Å². The molecule has 0 aromatic heterocycles. The zero-order chi connectivity index (χ0) is 12.1. The Kier molecular flexibility index (Phi) is 10.9. The van der Waals surface area contributed by atoms with E-state index in [9.17, 15) is 4.79 Å². The maximum absolute atomic E-state index is 11.2. The number of amides is 1. The first kappa shape index (κ1) is 14.7. The van der Waals surface area contributed by atoms with E-state index in [0.29, 0.717) is 32.7 Å². The highest BCUT2D eigenvalue weighted by Crippen LogP contribution is 1.92. The molecule has 0 bridgehead atoms. The summed E-state index contributed by atoms with van der Waals surface area (Å²) in [6, 6.07) is 0. The van der Waals surface area contributed by atoms with E-state index in [0.717, 1.165) is 19.3 Å². The lowest BCUT2D eigenvalue weighted by Gasteiger charge is -2.04. The minimum absolute atomic E-state index is 0.0588. The Morgan fingerprint density at radius 3 is 2.94 bits per heavy atom. The predicted octanol–water partition coefficient (Wildman–Crippen LogP) is 2.01. The normalized spacial score (nSPS) is 9.56. The van der Waals surface area contributed by atoms with Gasteiger partial charge in [-0.05, 0) is 31.7 Å². The first-order valence-electron chi connectivity index (χ1n) is 5.66. The molecule has 6 heteroatoms. The van der Waals surface area contributed by atoms with Crippen LogP contribution in [0.2, 0.25) is 0 Å². The molecule has 16 heavy (non-hydrogen) atoms. The molecule has 0 spiro atoms. The molecule has 92 valence electrons. The van der Waals surface area contributed by atoms with Crippen LogP contribution < -0.4 is 5.32 Å². The maximum Gasteiger partial charge on any atom is 0.220 e. The van der Waals surface area contributed by atoms with Crippen LogP contribution in [0.1, 0.15) is 32.6 Å². The minimum atomic E-state index is 0.0588. The number of hydrogen-bond donors (Lipinski definition) is 1. The van der Waals surface area contributed by atoms with Gasteiger partial charge >= 0.3 is 0 Å². The largest absolute Gasteiger partial charge is 0.382 e. The van der Waals surface area contributed by atoms with Crippen molar-refractivity contribution in [3.05, 3.63) is 10.4 Å². The van der Waals surface area contributed by atoms with Crippen LogP contribution in [-0.2, 0) is 9.53 Å². The zero-order valence-electron chi connectivity index (χ0n) is 9.81. The van der Waals surface area contributed by atoms with Crippen LogP contribution in [-0.4, -0.2) is 32.2 Å². The summed E-state index contributed by atoms with van der Waals surface area (Å²) in [5.41, 5.74) is 8.03. The van der Waals surface area contributed by atoms with Gasteiger partial charge in [0.1, 0.15) is 0 Å². The van der Waals surface area contributed by atoms with Gasteiger partial charge in [-0.2, -0.15) is 0 Å². The van der Waals surface area contributed by atoms with Gasteiger partial charge in [0.15, 0.2) is 0 Å². The second-order valence-electron chi connectivity index (χ2n) is 3.31. The molecule has 0 aromatic rings. The van der Waals surface area contributed by atoms with Gasteiger partial charge < -0.3 is 10.1 Å². The summed E-state index contributed by atoms with van der Waals surface area (Å²) in [4.78, 5) is 13.9. The fraction of sp³-hybridized carbons (Fsp3) is 0.900. The lowest BCUT2D eigenvalue weighted by Crippen LogP contribution is -2.24. The molecule has 1 N–H and O–H groups in total. The second-order valence-corrected chi connectivity index (χ2v) is 3.31. The monoisotopic (exact) mass is 228 g/mol. The lowest BCUT2D eigenvalue weighted by molar-refractivity contribution is -0.121. The smallest absolute Gasteiger partial charge is 0.220 e. The molecule has 0 atom stereocenters. The van der Waals surface area contributed by atoms with Crippen molar-refractivity contribution < 1.29 is 9.53 Å². The summed E-state index contributed by atoms with van der Waals surface area (Å²) in [6.45, 7) is 4.41. The predicted molar refractivity (Wildman–Crippen MR) is 62.0 cm³/mol. The highest BCUT2D eigenvalue weighted by atomic mass is 16.5. The highest BCUT2D eigenvalue weighted by Gasteiger charge is 1.99. The lowest BCUT2D eigenvalue weighted by atomic mass is 10.3. The van der Waals surface area contributed by atoms with E-state index in [4.69, 9.17) is 10.3 Å². The third kappa shape index (κ3) is 10.8. The van der Waals surface area contributed by atoms with E-state index in [-0.39, 0.29) is 5.91 Å². The molecule has 0 aliphatic carbocycles. The van der Waals surface area contributed by atoms with Crippen molar-refractivity contribution in [2.24, 2.45) is 5.11 Å². The fourth-order valence-corrected chi connectivity index (χ4v) is 1.15. The Hall–Kier alpha value is -1.26. The summed E-state index contributed by atoms with van der Waals surface area (Å²) in [5, 5.41) is 6.22. The van der Waals surface area contributed by atoms with Gasteiger partial charge in [-0.3, -0.25) is 4.79 Å². The maximum atomic E-state index is 11.2. The number of nitrogens with one attached hydrogen (secondary N) is 1. The average molecular weight is 228 g/mol. The molecular formula is C10H20N4O2. The molecule has 0 aliphatic heterocycles. The highest BCUT2D eigenvalue weighted by molar-refractivity contribution is 5.75. The molecule has 0 aromatic carbocycles. The number of nitrogens with zero attached hydrogens (tertiary/aromatic N) is 3. The van der Waals surface area contributed by atoms with Gasteiger partial charge in [0.25, 0.3) is 0 Å². The SMILES string of the molecule is CCOCCCC(=O)NCCCCN=[N+]=[N-]. The number of rotatable bonds is 10. The first-order valence-corrected chi connectivity index (χ1v) is 5.66. The summed E-state index contributed by atoms with van der Waals surface area (Å²) in [6.07, 6.45) is 2.92. The molecule has 0 aliphatic rings. The molecule has 0 saturated carbocycles.